The first-order valence-corrected chi connectivity index (χ1v) is 9.79. The third-order valence-corrected chi connectivity index (χ3v) is 4.91. The van der Waals surface area contributed by atoms with Crippen molar-refractivity contribution in [2.24, 2.45) is 0 Å². The van der Waals surface area contributed by atoms with Crippen LogP contribution in [-0.4, -0.2) is 19.9 Å². The first kappa shape index (κ1) is 17.9. The number of benzene rings is 2. The van der Waals surface area contributed by atoms with Gasteiger partial charge in [-0.3, -0.25) is 9.97 Å². The van der Waals surface area contributed by atoms with Gasteiger partial charge >= 0.3 is 0 Å². The van der Waals surface area contributed by atoms with Crippen LogP contribution in [0.3, 0.4) is 0 Å². The van der Waals surface area contributed by atoms with Crippen molar-refractivity contribution in [1.29, 1.82) is 0 Å². The Labute approximate surface area is 174 Å². The van der Waals surface area contributed by atoms with E-state index in [1.165, 1.54) is 0 Å². The molecule has 0 unspecified atom stereocenters. The van der Waals surface area contributed by atoms with Gasteiger partial charge in [-0.2, -0.15) is 0 Å². The number of rotatable bonds is 5. The van der Waals surface area contributed by atoms with Crippen LogP contribution in [0.2, 0.25) is 0 Å². The molecule has 0 atom stereocenters. The zero-order valence-electron chi connectivity index (χ0n) is 16.2. The predicted molar refractivity (Wildman–Crippen MR) is 120 cm³/mol. The summed E-state index contributed by atoms with van der Waals surface area (Å²) in [6.07, 6.45) is 5.31. The highest BCUT2D eigenvalue weighted by Gasteiger charge is 2.14. The molecule has 5 aromatic rings. The number of pyridine rings is 2. The van der Waals surface area contributed by atoms with Crippen molar-refractivity contribution in [3.63, 3.8) is 0 Å². The summed E-state index contributed by atoms with van der Waals surface area (Å²) < 4.78 is 0. The fourth-order valence-electron chi connectivity index (χ4n) is 3.48. The number of aromatic nitrogens is 4. The van der Waals surface area contributed by atoms with Gasteiger partial charge in [0.25, 0.3) is 0 Å². The lowest BCUT2D eigenvalue weighted by Gasteiger charge is -2.14. The van der Waals surface area contributed by atoms with E-state index < -0.39 is 0 Å². The molecule has 144 valence electrons. The van der Waals surface area contributed by atoms with Crippen LogP contribution < -0.4 is 5.32 Å². The molecule has 5 heteroatoms. The molecule has 0 aliphatic heterocycles. The molecule has 5 rings (SSSR count). The van der Waals surface area contributed by atoms with E-state index in [2.05, 4.69) is 33.5 Å². The number of hydrogen-bond donors (Lipinski definition) is 1. The standard InChI is InChI=1S/C25H19N5/c1-2-7-18(8-3-1)21-10-6-11-22-23(21)25(28-17-20-9-4-5-14-27-20)30-24(29-22)19-12-15-26-16-13-19/h1-16H,17H2,(H,28,29,30). The van der Waals surface area contributed by atoms with Gasteiger partial charge in [-0.25, -0.2) is 9.97 Å². The number of hydrogen-bond acceptors (Lipinski definition) is 5. The summed E-state index contributed by atoms with van der Waals surface area (Å²) >= 11 is 0. The molecule has 0 saturated heterocycles. The number of nitrogens with one attached hydrogen (secondary N) is 1. The molecule has 0 fully saturated rings. The van der Waals surface area contributed by atoms with Gasteiger partial charge in [0, 0.05) is 24.2 Å². The van der Waals surface area contributed by atoms with Crippen LogP contribution >= 0.6 is 0 Å². The lowest BCUT2D eigenvalue weighted by atomic mass is 10.0. The van der Waals surface area contributed by atoms with Gasteiger partial charge in [-0.1, -0.05) is 48.5 Å². The maximum atomic E-state index is 4.89. The van der Waals surface area contributed by atoms with Gasteiger partial charge in [0.1, 0.15) is 5.82 Å². The van der Waals surface area contributed by atoms with E-state index in [0.29, 0.717) is 12.4 Å². The second-order valence-corrected chi connectivity index (χ2v) is 6.87. The molecule has 3 aromatic heterocycles. The lowest BCUT2D eigenvalue weighted by molar-refractivity contribution is 1.03. The third kappa shape index (κ3) is 3.61. The van der Waals surface area contributed by atoms with E-state index in [9.17, 15) is 0 Å². The molecule has 0 saturated carbocycles. The second kappa shape index (κ2) is 8.09. The highest BCUT2D eigenvalue weighted by molar-refractivity contribution is 6.02. The largest absolute Gasteiger partial charge is 0.364 e. The molecule has 0 spiro atoms. The van der Waals surface area contributed by atoms with Crippen LogP contribution in [0.1, 0.15) is 5.69 Å². The van der Waals surface area contributed by atoms with Gasteiger partial charge in [0.05, 0.1) is 23.1 Å². The fourth-order valence-corrected chi connectivity index (χ4v) is 3.48. The van der Waals surface area contributed by atoms with Gasteiger partial charge in [0.2, 0.25) is 0 Å². The van der Waals surface area contributed by atoms with E-state index in [4.69, 9.17) is 9.97 Å². The van der Waals surface area contributed by atoms with Crippen LogP contribution in [0.25, 0.3) is 33.4 Å². The summed E-state index contributed by atoms with van der Waals surface area (Å²) in [6, 6.07) is 26.2. The summed E-state index contributed by atoms with van der Waals surface area (Å²) in [5, 5.41) is 4.49. The Morgan fingerprint density at radius 1 is 0.667 bits per heavy atom. The van der Waals surface area contributed by atoms with E-state index >= 15 is 0 Å². The first-order valence-electron chi connectivity index (χ1n) is 9.79. The van der Waals surface area contributed by atoms with Crippen molar-refractivity contribution >= 4 is 16.7 Å². The number of nitrogens with zero attached hydrogens (tertiary/aromatic N) is 4. The molecule has 5 nitrogen and oxygen atoms in total. The predicted octanol–water partition coefficient (Wildman–Crippen LogP) is 5.37. The Balaban J connectivity index is 1.68. The summed E-state index contributed by atoms with van der Waals surface area (Å²) in [5.74, 6) is 1.45. The molecule has 2 aromatic carbocycles. The molecule has 0 amide bonds. The topological polar surface area (TPSA) is 63.6 Å². The van der Waals surface area contributed by atoms with Crippen LogP contribution in [0.4, 0.5) is 5.82 Å². The van der Waals surface area contributed by atoms with Crippen LogP contribution in [0, 0.1) is 0 Å². The minimum atomic E-state index is 0.575. The monoisotopic (exact) mass is 389 g/mol. The summed E-state index contributed by atoms with van der Waals surface area (Å²) in [5.41, 5.74) is 4.99. The average molecular weight is 389 g/mol. The maximum absolute atomic E-state index is 4.89. The molecule has 30 heavy (non-hydrogen) atoms. The van der Waals surface area contributed by atoms with Gasteiger partial charge in [-0.05, 0) is 41.5 Å². The smallest absolute Gasteiger partial charge is 0.162 e. The Bertz CT molecular complexity index is 1270. The third-order valence-electron chi connectivity index (χ3n) is 4.91. The Morgan fingerprint density at radius 3 is 2.30 bits per heavy atom. The zero-order valence-corrected chi connectivity index (χ0v) is 16.2. The first-order chi connectivity index (χ1) is 14.9. The Morgan fingerprint density at radius 2 is 1.50 bits per heavy atom. The van der Waals surface area contributed by atoms with Crippen molar-refractivity contribution < 1.29 is 0 Å². The molecule has 0 bridgehead atoms. The second-order valence-electron chi connectivity index (χ2n) is 6.87. The highest BCUT2D eigenvalue weighted by Crippen LogP contribution is 2.34. The SMILES string of the molecule is c1ccc(-c2cccc3nc(-c4ccncc4)nc(NCc4ccccn4)c23)cc1. The molecule has 1 N–H and O–H groups in total. The van der Waals surface area contributed by atoms with Crippen molar-refractivity contribution in [2.75, 3.05) is 5.32 Å². The molecular formula is C25H19N5. The van der Waals surface area contributed by atoms with Crippen molar-refractivity contribution in [2.45, 2.75) is 6.54 Å². The van der Waals surface area contributed by atoms with E-state index in [1.54, 1.807) is 18.6 Å². The molecule has 0 aliphatic carbocycles. The molecule has 0 aliphatic rings. The average Bonchev–Trinajstić information content (AvgIpc) is 2.83. The Kier molecular flexibility index (Phi) is 4.84. The number of fused-ring (bicyclic) bond motifs is 1. The minimum Gasteiger partial charge on any atom is -0.364 e. The van der Waals surface area contributed by atoms with E-state index in [1.807, 2.05) is 60.7 Å². The van der Waals surface area contributed by atoms with Gasteiger partial charge < -0.3 is 5.32 Å². The summed E-state index contributed by atoms with van der Waals surface area (Å²) in [7, 11) is 0. The number of anilines is 1. The molecular weight excluding hydrogens is 370 g/mol. The maximum Gasteiger partial charge on any atom is 0.162 e. The quantitative estimate of drug-likeness (QED) is 0.438. The normalized spacial score (nSPS) is 10.8. The fraction of sp³-hybridized carbons (Fsp3) is 0.0400. The summed E-state index contributed by atoms with van der Waals surface area (Å²) in [4.78, 5) is 18.3. The van der Waals surface area contributed by atoms with Crippen LogP contribution in [0.5, 0.6) is 0 Å². The van der Waals surface area contributed by atoms with Crippen molar-refractivity contribution in [3.8, 4) is 22.5 Å². The highest BCUT2D eigenvalue weighted by atomic mass is 15.0. The van der Waals surface area contributed by atoms with Gasteiger partial charge in [-0.15, -0.1) is 0 Å². The molecule has 3 heterocycles. The van der Waals surface area contributed by atoms with Crippen LogP contribution in [-0.2, 0) is 6.54 Å². The summed E-state index contributed by atoms with van der Waals surface area (Å²) in [6.45, 7) is 0.575. The van der Waals surface area contributed by atoms with E-state index in [0.717, 1.165) is 39.1 Å². The Hall–Kier alpha value is -4.12. The zero-order chi connectivity index (χ0) is 20.2. The van der Waals surface area contributed by atoms with Crippen LogP contribution in [0.15, 0.2) is 97.5 Å². The van der Waals surface area contributed by atoms with Crippen molar-refractivity contribution in [1.82, 2.24) is 19.9 Å². The lowest BCUT2D eigenvalue weighted by Crippen LogP contribution is -2.06. The van der Waals surface area contributed by atoms with Gasteiger partial charge in [0.15, 0.2) is 5.82 Å². The van der Waals surface area contributed by atoms with Crippen molar-refractivity contribution in [3.05, 3.63) is 103 Å². The minimum absolute atomic E-state index is 0.575. The molecule has 0 radical (unpaired) electrons. The van der Waals surface area contributed by atoms with E-state index in [-0.39, 0.29) is 0 Å².